The molecule has 0 aliphatic rings. The molecule has 0 rings (SSSR count). The number of nitrogens with zero attached hydrogens (tertiary/aromatic N) is 1. The molecule has 14 heavy (non-hydrogen) atoms. The van der Waals surface area contributed by atoms with Crippen molar-refractivity contribution in [2.75, 3.05) is 13.1 Å². The molecule has 0 radical (unpaired) electrons. The van der Waals surface area contributed by atoms with Gasteiger partial charge in [-0.05, 0) is 34.2 Å². The Morgan fingerprint density at radius 2 is 1.86 bits per heavy atom. The fourth-order valence-corrected chi connectivity index (χ4v) is 1.63. The van der Waals surface area contributed by atoms with Crippen molar-refractivity contribution in [3.8, 4) is 0 Å². The summed E-state index contributed by atoms with van der Waals surface area (Å²) in [5, 5.41) is 3.25. The number of hydrogen-bond donors (Lipinski definition) is 1. The van der Waals surface area contributed by atoms with Crippen molar-refractivity contribution in [3.63, 3.8) is 0 Å². The summed E-state index contributed by atoms with van der Waals surface area (Å²) in [5.74, 6) is 0.246. The summed E-state index contributed by atoms with van der Waals surface area (Å²) in [7, 11) is 0. The Balaban J connectivity index is 4.04. The van der Waals surface area contributed by atoms with E-state index in [2.05, 4.69) is 33.0 Å². The van der Waals surface area contributed by atoms with Gasteiger partial charge in [0.15, 0.2) is 0 Å². The molecule has 0 saturated heterocycles. The van der Waals surface area contributed by atoms with Crippen molar-refractivity contribution in [1.82, 2.24) is 10.2 Å². The Labute approximate surface area is 87.9 Å². The first kappa shape index (κ1) is 13.4. The minimum Gasteiger partial charge on any atom is -0.341 e. The van der Waals surface area contributed by atoms with Gasteiger partial charge >= 0.3 is 0 Å². The molecule has 0 aliphatic heterocycles. The fourth-order valence-electron chi connectivity index (χ4n) is 1.63. The highest BCUT2D eigenvalue weighted by Gasteiger charge is 2.16. The Hall–Kier alpha value is -0.570. The predicted molar refractivity (Wildman–Crippen MR) is 60.3 cm³/mol. The monoisotopic (exact) mass is 200 g/mol. The van der Waals surface area contributed by atoms with E-state index in [1.54, 1.807) is 0 Å². The molecule has 0 saturated carbocycles. The summed E-state index contributed by atoms with van der Waals surface area (Å²) in [5.41, 5.74) is 0. The molecular formula is C11H24N2O. The van der Waals surface area contributed by atoms with Crippen LogP contribution >= 0.6 is 0 Å². The average molecular weight is 200 g/mol. The van der Waals surface area contributed by atoms with E-state index in [1.807, 2.05) is 11.8 Å². The van der Waals surface area contributed by atoms with Crippen molar-refractivity contribution in [1.29, 1.82) is 0 Å². The Morgan fingerprint density at radius 1 is 1.29 bits per heavy atom. The summed E-state index contributed by atoms with van der Waals surface area (Å²) >= 11 is 0. The fraction of sp³-hybridized carbons (Fsp3) is 0.909. The molecule has 0 aromatic heterocycles. The van der Waals surface area contributed by atoms with Gasteiger partial charge in [0.1, 0.15) is 0 Å². The van der Waals surface area contributed by atoms with E-state index in [9.17, 15) is 4.79 Å². The normalized spacial score (nSPS) is 13.0. The molecule has 1 N–H and O–H groups in total. The first-order valence-corrected chi connectivity index (χ1v) is 5.55. The van der Waals surface area contributed by atoms with Crippen LogP contribution < -0.4 is 5.32 Å². The minimum atomic E-state index is 0.246. The Morgan fingerprint density at radius 3 is 2.21 bits per heavy atom. The molecule has 3 heteroatoms. The summed E-state index contributed by atoms with van der Waals surface area (Å²) in [6.45, 7) is 12.0. The number of rotatable bonds is 6. The SMILES string of the molecule is CCNC(C)CC(=O)N(CC)C(C)C. The summed E-state index contributed by atoms with van der Waals surface area (Å²) in [6.07, 6.45) is 0.597. The van der Waals surface area contributed by atoms with E-state index in [4.69, 9.17) is 0 Å². The molecule has 0 aliphatic carbocycles. The molecule has 0 heterocycles. The van der Waals surface area contributed by atoms with Crippen LogP contribution in [0.15, 0.2) is 0 Å². The first-order valence-electron chi connectivity index (χ1n) is 5.55. The zero-order valence-electron chi connectivity index (χ0n) is 10.1. The lowest BCUT2D eigenvalue weighted by Gasteiger charge is -2.26. The zero-order chi connectivity index (χ0) is 11.1. The average Bonchev–Trinajstić information content (AvgIpc) is 2.04. The highest BCUT2D eigenvalue weighted by Crippen LogP contribution is 2.03. The van der Waals surface area contributed by atoms with Crippen LogP contribution in [0.25, 0.3) is 0 Å². The van der Waals surface area contributed by atoms with Crippen molar-refractivity contribution in [3.05, 3.63) is 0 Å². The Bertz CT molecular complexity index is 169. The molecule has 3 nitrogen and oxygen atoms in total. The van der Waals surface area contributed by atoms with Gasteiger partial charge in [0, 0.05) is 25.0 Å². The number of hydrogen-bond acceptors (Lipinski definition) is 2. The second-order valence-corrected chi connectivity index (χ2v) is 3.94. The second-order valence-electron chi connectivity index (χ2n) is 3.94. The molecule has 0 spiro atoms. The molecule has 1 atom stereocenters. The summed E-state index contributed by atoms with van der Waals surface area (Å²) in [6, 6.07) is 0.585. The van der Waals surface area contributed by atoms with Crippen LogP contribution in [-0.4, -0.2) is 36.0 Å². The van der Waals surface area contributed by atoms with Crippen LogP contribution in [0.2, 0.25) is 0 Å². The van der Waals surface area contributed by atoms with Crippen LogP contribution in [-0.2, 0) is 4.79 Å². The molecular weight excluding hydrogens is 176 g/mol. The molecule has 0 fully saturated rings. The van der Waals surface area contributed by atoms with Crippen LogP contribution in [0.5, 0.6) is 0 Å². The first-order chi connectivity index (χ1) is 6.52. The van der Waals surface area contributed by atoms with Crippen molar-refractivity contribution >= 4 is 5.91 Å². The topological polar surface area (TPSA) is 32.3 Å². The van der Waals surface area contributed by atoms with Crippen molar-refractivity contribution in [2.45, 2.75) is 53.1 Å². The van der Waals surface area contributed by atoms with Gasteiger partial charge in [-0.25, -0.2) is 0 Å². The maximum absolute atomic E-state index is 11.8. The lowest BCUT2D eigenvalue weighted by Crippen LogP contribution is -2.40. The minimum absolute atomic E-state index is 0.246. The molecule has 1 amide bonds. The molecule has 1 unspecified atom stereocenters. The van der Waals surface area contributed by atoms with Crippen molar-refractivity contribution < 1.29 is 4.79 Å². The van der Waals surface area contributed by atoms with Gasteiger partial charge in [-0.1, -0.05) is 6.92 Å². The van der Waals surface area contributed by atoms with E-state index in [0.717, 1.165) is 13.1 Å². The highest BCUT2D eigenvalue weighted by molar-refractivity contribution is 5.77. The third-order valence-corrected chi connectivity index (χ3v) is 2.32. The van der Waals surface area contributed by atoms with Crippen LogP contribution in [0.4, 0.5) is 0 Å². The standard InChI is InChI=1S/C11H24N2O/c1-6-12-10(5)8-11(14)13(7-2)9(3)4/h9-10,12H,6-8H2,1-5H3. The maximum Gasteiger partial charge on any atom is 0.224 e. The lowest BCUT2D eigenvalue weighted by atomic mass is 10.2. The van der Waals surface area contributed by atoms with Gasteiger partial charge in [-0.3, -0.25) is 4.79 Å². The van der Waals surface area contributed by atoms with E-state index >= 15 is 0 Å². The number of nitrogens with one attached hydrogen (secondary N) is 1. The molecule has 84 valence electrons. The van der Waals surface area contributed by atoms with Crippen LogP contribution in [0, 0.1) is 0 Å². The molecule has 0 aromatic carbocycles. The third-order valence-electron chi connectivity index (χ3n) is 2.32. The lowest BCUT2D eigenvalue weighted by molar-refractivity contribution is -0.133. The second kappa shape index (κ2) is 6.82. The van der Waals surface area contributed by atoms with Gasteiger partial charge in [0.25, 0.3) is 0 Å². The van der Waals surface area contributed by atoms with E-state index in [1.165, 1.54) is 0 Å². The van der Waals surface area contributed by atoms with E-state index in [0.29, 0.717) is 12.5 Å². The summed E-state index contributed by atoms with van der Waals surface area (Å²) in [4.78, 5) is 13.7. The largest absolute Gasteiger partial charge is 0.341 e. The Kier molecular flexibility index (Phi) is 6.54. The van der Waals surface area contributed by atoms with Gasteiger partial charge in [-0.15, -0.1) is 0 Å². The predicted octanol–water partition coefficient (Wildman–Crippen LogP) is 1.63. The van der Waals surface area contributed by atoms with Gasteiger partial charge in [0.2, 0.25) is 5.91 Å². The molecule has 0 bridgehead atoms. The summed E-state index contributed by atoms with van der Waals surface area (Å²) < 4.78 is 0. The van der Waals surface area contributed by atoms with Gasteiger partial charge < -0.3 is 10.2 Å². The van der Waals surface area contributed by atoms with E-state index < -0.39 is 0 Å². The van der Waals surface area contributed by atoms with Crippen LogP contribution in [0.3, 0.4) is 0 Å². The zero-order valence-corrected chi connectivity index (χ0v) is 10.1. The highest BCUT2D eigenvalue weighted by atomic mass is 16.2. The van der Waals surface area contributed by atoms with Gasteiger partial charge in [-0.2, -0.15) is 0 Å². The third kappa shape index (κ3) is 4.61. The quantitative estimate of drug-likeness (QED) is 0.707. The van der Waals surface area contributed by atoms with E-state index in [-0.39, 0.29) is 11.9 Å². The van der Waals surface area contributed by atoms with Crippen LogP contribution in [0.1, 0.15) is 41.0 Å². The number of amides is 1. The van der Waals surface area contributed by atoms with Gasteiger partial charge in [0.05, 0.1) is 0 Å². The molecule has 0 aromatic rings. The maximum atomic E-state index is 11.8. The number of carbonyl (C=O) groups excluding carboxylic acids is 1. The smallest absolute Gasteiger partial charge is 0.224 e. The van der Waals surface area contributed by atoms with Crippen molar-refractivity contribution in [2.24, 2.45) is 0 Å². The number of carbonyl (C=O) groups is 1.